The van der Waals surface area contributed by atoms with Crippen molar-refractivity contribution in [3.8, 4) is 0 Å². The molecule has 0 atom stereocenters. The van der Waals surface area contributed by atoms with Crippen LogP contribution in [0.2, 0.25) is 0 Å². The second kappa shape index (κ2) is 8.64. The molecular weight excluding hydrogens is 372 g/mol. The highest BCUT2D eigenvalue weighted by atomic mass is 16.3. The summed E-state index contributed by atoms with van der Waals surface area (Å²) in [6, 6.07) is 25.9. The lowest BCUT2D eigenvalue weighted by Crippen LogP contribution is -2.43. The molecule has 30 heavy (non-hydrogen) atoms. The molecule has 1 amide bonds. The number of hydrogen-bond donors (Lipinski definition) is 2. The number of carbonyl (C=O) groups excluding carboxylic acids is 1. The minimum absolute atomic E-state index is 0.0691. The van der Waals surface area contributed by atoms with Gasteiger partial charge in [0.15, 0.2) is 5.60 Å². The zero-order valence-corrected chi connectivity index (χ0v) is 17.9. The van der Waals surface area contributed by atoms with Gasteiger partial charge in [0.05, 0.1) is 5.71 Å². The molecule has 0 saturated carbocycles. The van der Waals surface area contributed by atoms with Gasteiger partial charge in [-0.1, -0.05) is 106 Å². The Bertz CT molecular complexity index is 979. The number of aliphatic hydroxyl groups is 1. The smallest absolute Gasteiger partial charge is 0.281 e. The predicted molar refractivity (Wildman–Crippen MR) is 121 cm³/mol. The van der Waals surface area contributed by atoms with Gasteiger partial charge in [-0.3, -0.25) is 4.79 Å². The van der Waals surface area contributed by atoms with Gasteiger partial charge in [-0.15, -0.1) is 0 Å². The van der Waals surface area contributed by atoms with Crippen LogP contribution in [-0.4, -0.2) is 16.7 Å². The van der Waals surface area contributed by atoms with E-state index in [9.17, 15) is 9.90 Å². The number of benzene rings is 3. The first kappa shape index (κ1) is 21.5. The summed E-state index contributed by atoms with van der Waals surface area (Å²) < 4.78 is 0. The highest BCUT2D eigenvalue weighted by Gasteiger charge is 2.39. The van der Waals surface area contributed by atoms with Crippen LogP contribution in [-0.2, 0) is 15.8 Å². The third-order valence-corrected chi connectivity index (χ3v) is 5.21. The van der Waals surface area contributed by atoms with Crippen LogP contribution in [0.25, 0.3) is 0 Å². The molecule has 0 bridgehead atoms. The number of nitrogens with one attached hydrogen (secondary N) is 1. The Morgan fingerprint density at radius 1 is 0.767 bits per heavy atom. The quantitative estimate of drug-likeness (QED) is 0.479. The van der Waals surface area contributed by atoms with Crippen LogP contribution in [0.1, 0.15) is 49.9 Å². The topological polar surface area (TPSA) is 61.7 Å². The molecule has 0 spiro atoms. The van der Waals surface area contributed by atoms with Crippen molar-refractivity contribution in [2.75, 3.05) is 0 Å². The first-order valence-electron chi connectivity index (χ1n) is 10.0. The SMILES string of the molecule is C/C(=N\NC(=O)C(O)(c1ccccc1)c1ccccc1)c1ccc(C(C)(C)C)cc1. The minimum Gasteiger partial charge on any atom is -0.372 e. The van der Waals surface area contributed by atoms with Crippen molar-refractivity contribution >= 4 is 11.6 Å². The van der Waals surface area contributed by atoms with Gasteiger partial charge in [-0.2, -0.15) is 5.10 Å². The van der Waals surface area contributed by atoms with Crippen molar-refractivity contribution in [1.82, 2.24) is 5.43 Å². The fourth-order valence-electron chi connectivity index (χ4n) is 3.28. The summed E-state index contributed by atoms with van der Waals surface area (Å²) >= 11 is 0. The van der Waals surface area contributed by atoms with Crippen LogP contribution in [0.3, 0.4) is 0 Å². The van der Waals surface area contributed by atoms with Crippen LogP contribution < -0.4 is 5.43 Å². The highest BCUT2D eigenvalue weighted by molar-refractivity contribution is 6.00. The van der Waals surface area contributed by atoms with E-state index in [-0.39, 0.29) is 5.41 Å². The van der Waals surface area contributed by atoms with Gasteiger partial charge in [0, 0.05) is 0 Å². The Morgan fingerprint density at radius 3 is 1.67 bits per heavy atom. The Kier molecular flexibility index (Phi) is 6.18. The molecule has 0 saturated heterocycles. The molecule has 3 aromatic carbocycles. The van der Waals surface area contributed by atoms with Gasteiger partial charge in [-0.05, 0) is 34.6 Å². The highest BCUT2D eigenvalue weighted by Crippen LogP contribution is 2.30. The van der Waals surface area contributed by atoms with Crippen molar-refractivity contribution in [3.05, 3.63) is 107 Å². The maximum absolute atomic E-state index is 13.1. The molecule has 0 aliphatic heterocycles. The van der Waals surface area contributed by atoms with E-state index in [1.807, 2.05) is 31.2 Å². The summed E-state index contributed by atoms with van der Waals surface area (Å²) in [4.78, 5) is 13.1. The Balaban J connectivity index is 1.88. The standard InChI is InChI=1S/C26H28N2O2/c1-19(20-15-17-21(18-16-20)25(2,3)4)27-28-24(29)26(30,22-11-7-5-8-12-22)23-13-9-6-10-14-23/h5-18,30H,1-4H3,(H,28,29)/b27-19+. The molecule has 154 valence electrons. The number of hydrogen-bond acceptors (Lipinski definition) is 3. The number of carbonyl (C=O) groups is 1. The molecule has 0 heterocycles. The molecule has 0 unspecified atom stereocenters. The van der Waals surface area contributed by atoms with E-state index in [0.717, 1.165) is 5.56 Å². The molecule has 0 aliphatic rings. The first-order chi connectivity index (χ1) is 14.2. The average Bonchev–Trinajstić information content (AvgIpc) is 2.77. The third-order valence-electron chi connectivity index (χ3n) is 5.21. The number of rotatable bonds is 5. The lowest BCUT2D eigenvalue weighted by Gasteiger charge is -2.27. The molecule has 0 aliphatic carbocycles. The van der Waals surface area contributed by atoms with Gasteiger partial charge in [0.2, 0.25) is 0 Å². The second-order valence-electron chi connectivity index (χ2n) is 8.41. The molecule has 0 aromatic heterocycles. The Hall–Kier alpha value is -3.24. The van der Waals surface area contributed by atoms with Crippen molar-refractivity contribution in [2.45, 2.75) is 38.7 Å². The number of nitrogens with zero attached hydrogens (tertiary/aromatic N) is 1. The fraction of sp³-hybridized carbons (Fsp3) is 0.231. The average molecular weight is 401 g/mol. The lowest BCUT2D eigenvalue weighted by atomic mass is 9.85. The Labute approximate surface area is 178 Å². The first-order valence-corrected chi connectivity index (χ1v) is 10.0. The minimum atomic E-state index is -1.84. The van der Waals surface area contributed by atoms with E-state index in [2.05, 4.69) is 43.4 Å². The summed E-state index contributed by atoms with van der Waals surface area (Å²) in [7, 11) is 0. The van der Waals surface area contributed by atoms with Crippen molar-refractivity contribution < 1.29 is 9.90 Å². The van der Waals surface area contributed by atoms with E-state index in [4.69, 9.17) is 0 Å². The molecule has 4 heteroatoms. The van der Waals surface area contributed by atoms with Gasteiger partial charge in [-0.25, -0.2) is 5.43 Å². The zero-order valence-electron chi connectivity index (χ0n) is 17.9. The molecule has 3 aromatic rings. The molecule has 0 radical (unpaired) electrons. The predicted octanol–water partition coefficient (Wildman–Crippen LogP) is 4.76. The van der Waals surface area contributed by atoms with Crippen LogP contribution in [0, 0.1) is 0 Å². The molecular formula is C26H28N2O2. The summed E-state index contributed by atoms with van der Waals surface area (Å²) in [6.45, 7) is 8.32. The molecule has 0 fully saturated rings. The fourth-order valence-corrected chi connectivity index (χ4v) is 3.28. The van der Waals surface area contributed by atoms with Gasteiger partial charge < -0.3 is 5.11 Å². The lowest BCUT2D eigenvalue weighted by molar-refractivity contribution is -0.136. The van der Waals surface area contributed by atoms with Crippen molar-refractivity contribution in [1.29, 1.82) is 0 Å². The van der Waals surface area contributed by atoms with Crippen LogP contribution in [0.5, 0.6) is 0 Å². The van der Waals surface area contributed by atoms with Crippen LogP contribution >= 0.6 is 0 Å². The van der Waals surface area contributed by atoms with E-state index in [1.54, 1.807) is 48.5 Å². The van der Waals surface area contributed by atoms with E-state index in [0.29, 0.717) is 16.8 Å². The Morgan fingerprint density at radius 2 is 1.23 bits per heavy atom. The van der Waals surface area contributed by atoms with Crippen molar-refractivity contribution in [2.24, 2.45) is 5.10 Å². The maximum atomic E-state index is 13.1. The van der Waals surface area contributed by atoms with Crippen LogP contribution in [0.15, 0.2) is 90.0 Å². The van der Waals surface area contributed by atoms with Gasteiger partial charge in [0.25, 0.3) is 5.91 Å². The second-order valence-corrected chi connectivity index (χ2v) is 8.41. The van der Waals surface area contributed by atoms with Crippen LogP contribution in [0.4, 0.5) is 0 Å². The van der Waals surface area contributed by atoms with Crippen molar-refractivity contribution in [3.63, 3.8) is 0 Å². The largest absolute Gasteiger partial charge is 0.372 e. The maximum Gasteiger partial charge on any atom is 0.281 e. The van der Waals surface area contributed by atoms with E-state index >= 15 is 0 Å². The normalized spacial score (nSPS) is 12.5. The summed E-state index contributed by atoms with van der Waals surface area (Å²) in [6.07, 6.45) is 0. The molecule has 4 nitrogen and oxygen atoms in total. The van der Waals surface area contributed by atoms with E-state index in [1.165, 1.54) is 5.56 Å². The summed E-state index contributed by atoms with van der Waals surface area (Å²) in [5.74, 6) is -0.606. The number of hydrazone groups is 1. The zero-order chi connectivity index (χ0) is 21.8. The molecule has 2 N–H and O–H groups in total. The monoisotopic (exact) mass is 400 g/mol. The third kappa shape index (κ3) is 4.50. The summed E-state index contributed by atoms with van der Waals surface area (Å²) in [5, 5.41) is 15.7. The summed E-state index contributed by atoms with van der Waals surface area (Å²) in [5.41, 5.74) is 4.55. The number of amides is 1. The van der Waals surface area contributed by atoms with E-state index < -0.39 is 11.5 Å². The van der Waals surface area contributed by atoms with Gasteiger partial charge >= 0.3 is 0 Å². The van der Waals surface area contributed by atoms with Gasteiger partial charge in [0.1, 0.15) is 0 Å². The molecule has 3 rings (SSSR count).